The molecule has 1 aromatic rings. The number of benzene rings is 1. The van der Waals surface area contributed by atoms with Gasteiger partial charge in [0.1, 0.15) is 9.84 Å². The number of hydrogen-bond acceptors (Lipinski definition) is 3. The predicted molar refractivity (Wildman–Crippen MR) is 88.1 cm³/mol. The average molecular weight is 334 g/mol. The molecule has 1 saturated carbocycles. The maximum absolute atomic E-state index is 12.1. The number of sulfone groups is 1. The summed E-state index contributed by atoms with van der Waals surface area (Å²) in [5.74, 6) is 1.83. The van der Waals surface area contributed by atoms with Crippen LogP contribution in [0.5, 0.6) is 0 Å². The summed E-state index contributed by atoms with van der Waals surface area (Å²) in [7, 11) is -2.83. The number of urea groups is 1. The molecule has 2 fully saturated rings. The van der Waals surface area contributed by atoms with Crippen molar-refractivity contribution in [3.63, 3.8) is 0 Å². The molecule has 4 rings (SSSR count). The van der Waals surface area contributed by atoms with Crippen molar-refractivity contribution in [3.8, 4) is 0 Å². The van der Waals surface area contributed by atoms with Gasteiger partial charge in [-0.05, 0) is 42.2 Å². The summed E-state index contributed by atoms with van der Waals surface area (Å²) in [6.07, 6.45) is 2.38. The van der Waals surface area contributed by atoms with Crippen LogP contribution in [0, 0.1) is 11.8 Å². The molecule has 2 N–H and O–H groups in total. The molecule has 23 heavy (non-hydrogen) atoms. The highest BCUT2D eigenvalue weighted by Gasteiger charge is 2.56. The summed E-state index contributed by atoms with van der Waals surface area (Å²) < 4.78 is 22.8. The third kappa shape index (κ3) is 2.96. The second-order valence-electron chi connectivity index (χ2n) is 7.07. The van der Waals surface area contributed by atoms with E-state index in [-0.39, 0.29) is 29.5 Å². The van der Waals surface area contributed by atoms with Gasteiger partial charge in [0.05, 0.1) is 11.5 Å². The van der Waals surface area contributed by atoms with Crippen molar-refractivity contribution in [2.75, 3.05) is 18.1 Å². The normalized spacial score (nSPS) is 31.0. The van der Waals surface area contributed by atoms with E-state index in [0.717, 1.165) is 6.42 Å². The molecule has 1 aromatic carbocycles. The van der Waals surface area contributed by atoms with Crippen molar-refractivity contribution in [3.05, 3.63) is 35.4 Å². The quantitative estimate of drug-likeness (QED) is 0.878. The molecule has 1 heterocycles. The molecule has 124 valence electrons. The maximum Gasteiger partial charge on any atom is 0.315 e. The van der Waals surface area contributed by atoms with E-state index in [9.17, 15) is 13.2 Å². The van der Waals surface area contributed by atoms with Gasteiger partial charge >= 0.3 is 6.03 Å². The summed E-state index contributed by atoms with van der Waals surface area (Å²) in [6.45, 7) is 0.569. The zero-order chi connectivity index (χ0) is 16.0. The molecule has 6 heteroatoms. The van der Waals surface area contributed by atoms with Crippen molar-refractivity contribution < 1.29 is 13.2 Å². The Hall–Kier alpha value is -1.56. The minimum Gasteiger partial charge on any atom is -0.338 e. The van der Waals surface area contributed by atoms with Crippen molar-refractivity contribution in [2.45, 2.75) is 31.2 Å². The second kappa shape index (κ2) is 5.51. The van der Waals surface area contributed by atoms with Gasteiger partial charge in [-0.25, -0.2) is 13.2 Å². The molecule has 1 saturated heterocycles. The van der Waals surface area contributed by atoms with Crippen LogP contribution in [0.3, 0.4) is 0 Å². The van der Waals surface area contributed by atoms with Gasteiger partial charge in [0.2, 0.25) is 0 Å². The second-order valence-corrected chi connectivity index (χ2v) is 9.37. The molecule has 3 atom stereocenters. The van der Waals surface area contributed by atoms with E-state index in [1.165, 1.54) is 11.1 Å². The number of nitrogens with one attached hydrogen (secondary N) is 2. The number of fused-ring (bicyclic) bond motifs is 3. The topological polar surface area (TPSA) is 75.3 Å². The molecule has 0 spiro atoms. The molecule has 2 amide bonds. The highest BCUT2D eigenvalue weighted by Crippen LogP contribution is 2.56. The Bertz CT molecular complexity index is 717. The Kier molecular flexibility index (Phi) is 3.59. The first kappa shape index (κ1) is 15.0. The van der Waals surface area contributed by atoms with Crippen LogP contribution in [-0.2, 0) is 16.3 Å². The Morgan fingerprint density at radius 1 is 1.17 bits per heavy atom. The van der Waals surface area contributed by atoms with E-state index < -0.39 is 9.84 Å². The van der Waals surface area contributed by atoms with Crippen LogP contribution in [0.1, 0.15) is 29.9 Å². The van der Waals surface area contributed by atoms with Crippen LogP contribution >= 0.6 is 0 Å². The van der Waals surface area contributed by atoms with E-state index in [1.54, 1.807) is 0 Å². The van der Waals surface area contributed by atoms with Crippen LogP contribution in [-0.4, -0.2) is 38.5 Å². The summed E-state index contributed by atoms with van der Waals surface area (Å²) in [5, 5.41) is 6.00. The largest absolute Gasteiger partial charge is 0.338 e. The summed E-state index contributed by atoms with van der Waals surface area (Å²) in [5.41, 5.74) is 2.81. The molecule has 1 aliphatic heterocycles. The van der Waals surface area contributed by atoms with Gasteiger partial charge in [-0.15, -0.1) is 0 Å². The van der Waals surface area contributed by atoms with E-state index in [0.29, 0.717) is 31.2 Å². The zero-order valence-electron chi connectivity index (χ0n) is 13.0. The van der Waals surface area contributed by atoms with E-state index in [4.69, 9.17) is 0 Å². The first-order valence-electron chi connectivity index (χ1n) is 8.36. The van der Waals surface area contributed by atoms with Crippen molar-refractivity contribution in [2.24, 2.45) is 11.8 Å². The average Bonchev–Trinajstić information content (AvgIpc) is 3.03. The molecular formula is C17H22N2O3S. The lowest BCUT2D eigenvalue weighted by Gasteiger charge is -2.22. The number of hydrogen-bond donors (Lipinski definition) is 2. The molecular weight excluding hydrogens is 312 g/mol. The number of amides is 2. The Morgan fingerprint density at radius 2 is 1.91 bits per heavy atom. The molecule has 2 aliphatic carbocycles. The molecule has 3 aliphatic rings. The lowest BCUT2D eigenvalue weighted by atomic mass is 10.0. The van der Waals surface area contributed by atoms with Crippen LogP contribution in [0.15, 0.2) is 24.3 Å². The fraction of sp³-hybridized carbons (Fsp3) is 0.588. The van der Waals surface area contributed by atoms with Crippen molar-refractivity contribution >= 4 is 15.9 Å². The third-order valence-corrected chi connectivity index (χ3v) is 7.28. The lowest BCUT2D eigenvalue weighted by molar-refractivity contribution is 0.237. The number of carbonyl (C=O) groups is 1. The lowest BCUT2D eigenvalue weighted by Crippen LogP contribution is -2.41. The molecule has 0 aromatic heterocycles. The molecule has 0 radical (unpaired) electrons. The third-order valence-electron chi connectivity index (χ3n) is 5.56. The minimum absolute atomic E-state index is 0.115. The summed E-state index contributed by atoms with van der Waals surface area (Å²) in [6, 6.07) is 8.63. The minimum atomic E-state index is -2.83. The van der Waals surface area contributed by atoms with Crippen molar-refractivity contribution in [1.29, 1.82) is 0 Å². The van der Waals surface area contributed by atoms with Crippen LogP contribution in [0.2, 0.25) is 0 Å². The highest BCUT2D eigenvalue weighted by molar-refractivity contribution is 7.91. The monoisotopic (exact) mass is 334 g/mol. The van der Waals surface area contributed by atoms with Crippen LogP contribution in [0.4, 0.5) is 4.79 Å². The van der Waals surface area contributed by atoms with E-state index in [1.807, 2.05) is 0 Å². The Labute approximate surface area is 136 Å². The Morgan fingerprint density at radius 3 is 2.70 bits per heavy atom. The SMILES string of the molecule is O=C(NCC1CCS(=O)(=O)CC1)N[C@@H]1[C@@H]2Cc3ccccc3[C@@H]21. The molecule has 0 bridgehead atoms. The Balaban J connectivity index is 1.24. The first-order chi connectivity index (χ1) is 11.0. The predicted octanol–water partition coefficient (Wildman–Crippen LogP) is 1.45. The van der Waals surface area contributed by atoms with Gasteiger partial charge in [-0.1, -0.05) is 24.3 Å². The fourth-order valence-electron chi connectivity index (χ4n) is 4.13. The number of rotatable bonds is 3. The fourth-order valence-corrected chi connectivity index (χ4v) is 5.72. The van der Waals surface area contributed by atoms with E-state index >= 15 is 0 Å². The van der Waals surface area contributed by atoms with Crippen LogP contribution < -0.4 is 10.6 Å². The van der Waals surface area contributed by atoms with Crippen molar-refractivity contribution in [1.82, 2.24) is 10.6 Å². The van der Waals surface area contributed by atoms with Gasteiger partial charge in [0, 0.05) is 18.5 Å². The van der Waals surface area contributed by atoms with Gasteiger partial charge in [0.25, 0.3) is 0 Å². The van der Waals surface area contributed by atoms with Gasteiger partial charge < -0.3 is 10.6 Å². The van der Waals surface area contributed by atoms with Gasteiger partial charge in [-0.3, -0.25) is 0 Å². The first-order valence-corrected chi connectivity index (χ1v) is 10.2. The van der Waals surface area contributed by atoms with Gasteiger partial charge in [0.15, 0.2) is 0 Å². The highest BCUT2D eigenvalue weighted by atomic mass is 32.2. The van der Waals surface area contributed by atoms with E-state index in [2.05, 4.69) is 34.9 Å². The molecule has 0 unspecified atom stereocenters. The van der Waals surface area contributed by atoms with Crippen LogP contribution in [0.25, 0.3) is 0 Å². The zero-order valence-corrected chi connectivity index (χ0v) is 13.8. The molecule has 5 nitrogen and oxygen atoms in total. The maximum atomic E-state index is 12.1. The smallest absolute Gasteiger partial charge is 0.315 e. The summed E-state index contributed by atoms with van der Waals surface area (Å²) >= 11 is 0. The standard InChI is InChI=1S/C17H22N2O3S/c20-17(18-10-11-5-7-23(21,22)8-6-11)19-16-14-9-12-3-1-2-4-13(12)15(14)16/h1-4,11,14-16H,5-10H2,(H2,18,19,20)/t14-,15+,16-/m1/s1. The van der Waals surface area contributed by atoms with Gasteiger partial charge in [-0.2, -0.15) is 0 Å². The number of carbonyl (C=O) groups excluding carboxylic acids is 1. The summed E-state index contributed by atoms with van der Waals surface area (Å²) in [4.78, 5) is 12.1.